The SMILES string of the molecule is COC(=O)c1ccc(NC(=O)/C(C#N)=C/c2cc(I)c(Oc3ccc([N+](=O)[O-])cc3[N+](=O)[O-])c(OC)c2)cc1. The molecule has 198 valence electrons. The van der Waals surface area contributed by atoms with Crippen LogP contribution in [0.2, 0.25) is 0 Å². The second kappa shape index (κ2) is 12.5. The van der Waals surface area contributed by atoms with E-state index in [0.29, 0.717) is 14.8 Å². The average Bonchev–Trinajstić information content (AvgIpc) is 2.92. The van der Waals surface area contributed by atoms with Crippen LogP contribution in [0.4, 0.5) is 17.1 Å². The molecule has 0 saturated heterocycles. The van der Waals surface area contributed by atoms with Gasteiger partial charge in [-0.25, -0.2) is 4.79 Å². The van der Waals surface area contributed by atoms with Crippen molar-refractivity contribution in [1.29, 1.82) is 5.26 Å². The van der Waals surface area contributed by atoms with Gasteiger partial charge in [-0.2, -0.15) is 5.26 Å². The fraction of sp³-hybridized carbons (Fsp3) is 0.0800. The highest BCUT2D eigenvalue weighted by molar-refractivity contribution is 14.1. The zero-order valence-electron chi connectivity index (χ0n) is 20.2. The van der Waals surface area contributed by atoms with E-state index < -0.39 is 33.1 Å². The van der Waals surface area contributed by atoms with Crippen LogP contribution in [0.15, 0.2) is 60.2 Å². The summed E-state index contributed by atoms with van der Waals surface area (Å²) < 4.78 is 16.1. The molecule has 0 fully saturated rings. The van der Waals surface area contributed by atoms with Crippen molar-refractivity contribution in [1.82, 2.24) is 0 Å². The van der Waals surface area contributed by atoms with E-state index in [9.17, 15) is 35.1 Å². The highest BCUT2D eigenvalue weighted by atomic mass is 127. The number of nitro groups is 2. The number of nitrogens with one attached hydrogen (secondary N) is 1. The molecule has 0 aliphatic carbocycles. The lowest BCUT2D eigenvalue weighted by molar-refractivity contribution is -0.394. The van der Waals surface area contributed by atoms with Crippen LogP contribution in [-0.4, -0.2) is 35.9 Å². The number of anilines is 1. The van der Waals surface area contributed by atoms with Crippen molar-refractivity contribution in [3.05, 3.63) is 95.1 Å². The van der Waals surface area contributed by atoms with Crippen molar-refractivity contribution < 1.29 is 33.6 Å². The van der Waals surface area contributed by atoms with Crippen LogP contribution in [0.1, 0.15) is 15.9 Å². The zero-order chi connectivity index (χ0) is 28.7. The van der Waals surface area contributed by atoms with Gasteiger partial charge in [0.2, 0.25) is 5.75 Å². The van der Waals surface area contributed by atoms with E-state index in [1.807, 2.05) is 28.7 Å². The highest BCUT2D eigenvalue weighted by Gasteiger charge is 2.23. The number of rotatable bonds is 9. The molecule has 1 amide bonds. The molecular weight excluding hydrogens is 627 g/mol. The number of nitro benzene ring substituents is 2. The van der Waals surface area contributed by atoms with Crippen molar-refractivity contribution in [3.8, 4) is 23.3 Å². The van der Waals surface area contributed by atoms with Gasteiger partial charge in [-0.05, 0) is 76.7 Å². The number of carbonyl (C=O) groups excluding carboxylic acids is 2. The molecule has 0 unspecified atom stereocenters. The molecule has 3 rings (SSSR count). The molecule has 0 radical (unpaired) electrons. The first-order chi connectivity index (χ1) is 18.6. The van der Waals surface area contributed by atoms with Crippen LogP contribution in [0.25, 0.3) is 6.08 Å². The number of hydrogen-bond donors (Lipinski definition) is 1. The third-order valence-corrected chi connectivity index (χ3v) is 5.86. The van der Waals surface area contributed by atoms with E-state index in [0.717, 1.165) is 18.2 Å². The fourth-order valence-corrected chi connectivity index (χ4v) is 3.94. The Morgan fingerprint density at radius 2 is 1.69 bits per heavy atom. The summed E-state index contributed by atoms with van der Waals surface area (Å²) in [7, 11) is 2.57. The molecule has 0 saturated carbocycles. The first-order valence-electron chi connectivity index (χ1n) is 10.7. The number of benzene rings is 3. The van der Waals surface area contributed by atoms with Gasteiger partial charge in [-0.1, -0.05) is 0 Å². The van der Waals surface area contributed by atoms with E-state index in [1.54, 1.807) is 6.07 Å². The third kappa shape index (κ3) is 6.84. The number of nitriles is 1. The monoisotopic (exact) mass is 644 g/mol. The topological polar surface area (TPSA) is 184 Å². The summed E-state index contributed by atoms with van der Waals surface area (Å²) in [5.74, 6) is -1.29. The van der Waals surface area contributed by atoms with Gasteiger partial charge < -0.3 is 19.5 Å². The van der Waals surface area contributed by atoms with Crippen molar-refractivity contribution in [3.63, 3.8) is 0 Å². The van der Waals surface area contributed by atoms with E-state index in [-0.39, 0.29) is 28.4 Å². The standard InChI is InChI=1S/C25H17IN4O9/c1-37-22-11-14(9-16(13-27)24(31)28-17-5-3-15(4-6-17)25(32)38-2)10-19(26)23(22)39-21-8-7-18(29(33)34)12-20(21)30(35)36/h3-12H,1-2H3,(H,28,31)/b16-9+. The maximum Gasteiger partial charge on any atom is 0.337 e. The molecule has 0 heterocycles. The Hall–Kier alpha value is -5.04. The Morgan fingerprint density at radius 1 is 1.00 bits per heavy atom. The number of methoxy groups -OCH3 is 2. The number of carbonyl (C=O) groups is 2. The molecule has 14 heteroatoms. The lowest BCUT2D eigenvalue weighted by atomic mass is 10.1. The lowest BCUT2D eigenvalue weighted by Crippen LogP contribution is -2.13. The van der Waals surface area contributed by atoms with Gasteiger partial charge >= 0.3 is 11.7 Å². The first kappa shape index (κ1) is 28.5. The minimum Gasteiger partial charge on any atom is -0.493 e. The van der Waals surface area contributed by atoms with Crippen molar-refractivity contribution in [2.75, 3.05) is 19.5 Å². The average molecular weight is 644 g/mol. The summed E-state index contributed by atoms with van der Waals surface area (Å²) in [4.78, 5) is 45.1. The summed E-state index contributed by atoms with van der Waals surface area (Å²) in [6.45, 7) is 0. The number of nitrogens with zero attached hydrogens (tertiary/aromatic N) is 3. The molecule has 0 aliphatic heterocycles. The first-order valence-corrected chi connectivity index (χ1v) is 11.8. The largest absolute Gasteiger partial charge is 0.493 e. The van der Waals surface area contributed by atoms with Crippen LogP contribution in [0.5, 0.6) is 17.2 Å². The maximum absolute atomic E-state index is 12.7. The molecule has 0 spiro atoms. The Kier molecular flexibility index (Phi) is 9.12. The smallest absolute Gasteiger partial charge is 0.337 e. The summed E-state index contributed by atoms with van der Waals surface area (Å²) in [5, 5.41) is 34.6. The van der Waals surface area contributed by atoms with Gasteiger partial charge in [-0.3, -0.25) is 25.0 Å². The third-order valence-electron chi connectivity index (χ3n) is 5.05. The lowest BCUT2D eigenvalue weighted by Gasteiger charge is -2.13. The van der Waals surface area contributed by atoms with Crippen LogP contribution in [0.3, 0.4) is 0 Å². The second-order valence-electron chi connectivity index (χ2n) is 7.50. The zero-order valence-corrected chi connectivity index (χ0v) is 22.3. The number of halogens is 1. The molecule has 39 heavy (non-hydrogen) atoms. The van der Waals surface area contributed by atoms with Gasteiger partial charge in [0.25, 0.3) is 11.6 Å². The van der Waals surface area contributed by atoms with E-state index in [2.05, 4.69) is 10.1 Å². The number of amides is 1. The van der Waals surface area contributed by atoms with Crippen molar-refractivity contribution >= 4 is 57.6 Å². The van der Waals surface area contributed by atoms with Gasteiger partial charge in [0.1, 0.15) is 11.6 Å². The van der Waals surface area contributed by atoms with Crippen LogP contribution in [-0.2, 0) is 9.53 Å². The van der Waals surface area contributed by atoms with Gasteiger partial charge in [-0.15, -0.1) is 0 Å². The molecule has 13 nitrogen and oxygen atoms in total. The van der Waals surface area contributed by atoms with Crippen LogP contribution in [0, 0.1) is 35.1 Å². The van der Waals surface area contributed by atoms with Gasteiger partial charge in [0.15, 0.2) is 11.5 Å². The number of esters is 1. The minimum atomic E-state index is -0.806. The number of non-ortho nitro benzene ring substituents is 1. The Balaban J connectivity index is 1.90. The van der Waals surface area contributed by atoms with E-state index in [1.165, 1.54) is 50.6 Å². The normalized spacial score (nSPS) is 10.7. The summed E-state index contributed by atoms with van der Waals surface area (Å²) in [5.41, 5.74) is -0.324. The van der Waals surface area contributed by atoms with Gasteiger partial charge in [0.05, 0.1) is 39.3 Å². The Labute approximate surface area is 234 Å². The Morgan fingerprint density at radius 3 is 2.26 bits per heavy atom. The van der Waals surface area contributed by atoms with Crippen LogP contribution < -0.4 is 14.8 Å². The summed E-state index contributed by atoms with van der Waals surface area (Å²) >= 11 is 1.88. The predicted octanol–water partition coefficient (Wildman–Crippen LogP) is 5.24. The molecule has 0 aromatic heterocycles. The molecule has 0 aliphatic rings. The van der Waals surface area contributed by atoms with E-state index >= 15 is 0 Å². The number of hydrogen-bond acceptors (Lipinski definition) is 10. The van der Waals surface area contributed by atoms with Gasteiger partial charge in [0, 0.05) is 11.8 Å². The number of ether oxygens (including phenoxy) is 3. The predicted molar refractivity (Wildman–Crippen MR) is 146 cm³/mol. The van der Waals surface area contributed by atoms with Crippen LogP contribution >= 0.6 is 22.6 Å². The van der Waals surface area contributed by atoms with E-state index in [4.69, 9.17) is 9.47 Å². The molecule has 3 aromatic rings. The summed E-state index contributed by atoms with van der Waals surface area (Å²) in [6, 6.07) is 13.7. The molecule has 0 bridgehead atoms. The molecule has 0 atom stereocenters. The molecule has 1 N–H and O–H groups in total. The minimum absolute atomic E-state index is 0.0841. The quantitative estimate of drug-likeness (QED) is 0.0807. The maximum atomic E-state index is 12.7. The molecular formula is C25H17IN4O9. The molecule has 3 aromatic carbocycles. The Bertz CT molecular complexity index is 1550. The fourth-order valence-electron chi connectivity index (χ4n) is 3.20. The van der Waals surface area contributed by atoms with Crippen molar-refractivity contribution in [2.24, 2.45) is 0 Å². The summed E-state index contributed by atoms with van der Waals surface area (Å²) in [6.07, 6.45) is 1.31. The second-order valence-corrected chi connectivity index (χ2v) is 8.66. The highest BCUT2D eigenvalue weighted by Crippen LogP contribution is 2.41. The van der Waals surface area contributed by atoms with Crippen molar-refractivity contribution in [2.45, 2.75) is 0 Å².